The van der Waals surface area contributed by atoms with E-state index >= 15 is 0 Å². The van der Waals surface area contributed by atoms with Crippen LogP contribution in [0.4, 0.5) is 10.5 Å². The number of allylic oxidation sites excluding steroid dienone is 1. The van der Waals surface area contributed by atoms with Crippen LogP contribution in [-0.4, -0.2) is 33.3 Å². The van der Waals surface area contributed by atoms with Crippen LogP contribution in [0, 0.1) is 0 Å². The molecule has 2 aromatic carbocycles. The molecular weight excluding hydrogens is 360 g/mol. The lowest BCUT2D eigenvalue weighted by atomic mass is 9.94. The molecule has 2 amide bonds. The van der Waals surface area contributed by atoms with Gasteiger partial charge in [-0.1, -0.05) is 12.1 Å². The van der Waals surface area contributed by atoms with Crippen LogP contribution in [-0.2, 0) is 9.53 Å². The molecule has 0 saturated heterocycles. The molecule has 146 valence electrons. The minimum absolute atomic E-state index is 0.337. The maximum Gasteiger partial charge on any atom is 0.337 e. The van der Waals surface area contributed by atoms with Gasteiger partial charge in [0.05, 0.1) is 38.6 Å². The van der Waals surface area contributed by atoms with E-state index in [-0.39, 0.29) is 6.03 Å². The highest BCUT2D eigenvalue weighted by atomic mass is 16.5. The number of nitrogens with one attached hydrogen (secondary N) is 1. The van der Waals surface area contributed by atoms with Crippen LogP contribution in [0.2, 0.25) is 0 Å². The van der Waals surface area contributed by atoms with Crippen molar-refractivity contribution in [2.24, 2.45) is 0 Å². The summed E-state index contributed by atoms with van der Waals surface area (Å²) in [7, 11) is 4.47. The second kappa shape index (κ2) is 8.04. The van der Waals surface area contributed by atoms with Crippen molar-refractivity contribution < 1.29 is 23.8 Å². The molecule has 0 aliphatic carbocycles. The Balaban J connectivity index is 2.07. The first-order chi connectivity index (χ1) is 13.5. The van der Waals surface area contributed by atoms with Gasteiger partial charge in [0.2, 0.25) is 0 Å². The first-order valence-electron chi connectivity index (χ1n) is 8.67. The molecule has 1 aliphatic heterocycles. The maximum atomic E-state index is 12.9. The monoisotopic (exact) mass is 382 g/mol. The van der Waals surface area contributed by atoms with Crippen LogP contribution in [0.1, 0.15) is 18.5 Å². The van der Waals surface area contributed by atoms with Gasteiger partial charge >= 0.3 is 12.0 Å². The van der Waals surface area contributed by atoms with Crippen molar-refractivity contribution in [2.75, 3.05) is 26.2 Å². The molecule has 0 bridgehead atoms. The number of anilines is 1. The van der Waals surface area contributed by atoms with Crippen molar-refractivity contribution in [3.05, 3.63) is 65.4 Å². The quantitative estimate of drug-likeness (QED) is 0.802. The van der Waals surface area contributed by atoms with Gasteiger partial charge in [-0.05, 0) is 48.9 Å². The summed E-state index contributed by atoms with van der Waals surface area (Å²) in [6.45, 7) is 1.73. The third kappa shape index (κ3) is 3.51. The highest BCUT2D eigenvalue weighted by Gasteiger charge is 2.36. The zero-order chi connectivity index (χ0) is 20.3. The van der Waals surface area contributed by atoms with E-state index < -0.39 is 12.0 Å². The molecule has 0 radical (unpaired) electrons. The fourth-order valence-corrected chi connectivity index (χ4v) is 3.21. The Morgan fingerprint density at radius 3 is 1.96 bits per heavy atom. The first-order valence-corrected chi connectivity index (χ1v) is 8.67. The molecule has 0 fully saturated rings. The number of methoxy groups -OCH3 is 3. The summed E-state index contributed by atoms with van der Waals surface area (Å²) in [6.07, 6.45) is 0. The third-order valence-corrected chi connectivity index (χ3v) is 4.67. The minimum Gasteiger partial charge on any atom is -0.497 e. The summed E-state index contributed by atoms with van der Waals surface area (Å²) in [4.78, 5) is 26.9. The van der Waals surface area contributed by atoms with E-state index in [4.69, 9.17) is 14.2 Å². The summed E-state index contributed by atoms with van der Waals surface area (Å²) in [5.41, 5.74) is 2.23. The van der Waals surface area contributed by atoms with Crippen molar-refractivity contribution in [3.63, 3.8) is 0 Å². The van der Waals surface area contributed by atoms with Crippen molar-refractivity contribution >= 4 is 17.7 Å². The number of ether oxygens (including phenoxy) is 3. The summed E-state index contributed by atoms with van der Waals surface area (Å²) in [6, 6.07) is 13.2. The third-order valence-electron chi connectivity index (χ3n) is 4.67. The highest BCUT2D eigenvalue weighted by molar-refractivity contribution is 6.03. The predicted molar refractivity (Wildman–Crippen MR) is 104 cm³/mol. The fourth-order valence-electron chi connectivity index (χ4n) is 3.21. The number of hydrogen-bond acceptors (Lipinski definition) is 5. The van der Waals surface area contributed by atoms with Gasteiger partial charge in [0.15, 0.2) is 0 Å². The lowest BCUT2D eigenvalue weighted by Crippen LogP contribution is -2.48. The largest absolute Gasteiger partial charge is 0.497 e. The molecule has 0 aromatic heterocycles. The smallest absolute Gasteiger partial charge is 0.337 e. The van der Waals surface area contributed by atoms with E-state index in [1.165, 1.54) is 12.0 Å². The standard InChI is InChI=1S/C21H22N2O5/c1-13-18(20(24)28-4)19(14-5-9-16(26-2)10-6-14)22-21(25)23(13)15-7-11-17(27-3)12-8-15/h5-12,19H,1-4H3,(H,22,25). The van der Waals surface area contributed by atoms with Gasteiger partial charge in [-0.15, -0.1) is 0 Å². The van der Waals surface area contributed by atoms with Gasteiger partial charge in [0, 0.05) is 5.70 Å². The Morgan fingerprint density at radius 2 is 1.46 bits per heavy atom. The average Bonchev–Trinajstić information content (AvgIpc) is 2.73. The van der Waals surface area contributed by atoms with E-state index in [9.17, 15) is 9.59 Å². The summed E-state index contributed by atoms with van der Waals surface area (Å²) < 4.78 is 15.3. The van der Waals surface area contributed by atoms with Crippen molar-refractivity contribution in [1.82, 2.24) is 5.32 Å². The Hall–Kier alpha value is -3.48. The van der Waals surface area contributed by atoms with Gasteiger partial charge in [-0.3, -0.25) is 4.90 Å². The Bertz CT molecular complexity index is 903. The molecule has 1 heterocycles. The Labute approximate surface area is 163 Å². The van der Waals surface area contributed by atoms with Crippen LogP contribution in [0.15, 0.2) is 59.8 Å². The van der Waals surface area contributed by atoms with Gasteiger partial charge in [0.25, 0.3) is 0 Å². The molecule has 1 unspecified atom stereocenters. The first kappa shape index (κ1) is 19.3. The molecular formula is C21H22N2O5. The normalized spacial score (nSPS) is 16.5. The Morgan fingerprint density at radius 1 is 0.929 bits per heavy atom. The van der Waals surface area contributed by atoms with E-state index in [0.29, 0.717) is 28.5 Å². The second-order valence-electron chi connectivity index (χ2n) is 6.18. The molecule has 1 aliphatic rings. The van der Waals surface area contributed by atoms with Gasteiger partial charge in [-0.2, -0.15) is 0 Å². The number of carbonyl (C=O) groups excluding carboxylic acids is 2. The molecule has 1 N–H and O–H groups in total. The number of nitrogens with zero attached hydrogens (tertiary/aromatic N) is 1. The maximum absolute atomic E-state index is 12.9. The van der Waals surface area contributed by atoms with Crippen molar-refractivity contribution in [1.29, 1.82) is 0 Å². The predicted octanol–water partition coefficient (Wildman–Crippen LogP) is 3.42. The zero-order valence-electron chi connectivity index (χ0n) is 16.2. The van der Waals surface area contributed by atoms with E-state index in [0.717, 1.165) is 5.56 Å². The molecule has 7 heteroatoms. The van der Waals surface area contributed by atoms with Gasteiger partial charge in [-0.25, -0.2) is 9.59 Å². The second-order valence-corrected chi connectivity index (χ2v) is 6.18. The van der Waals surface area contributed by atoms with Crippen LogP contribution < -0.4 is 19.7 Å². The number of urea groups is 1. The number of benzene rings is 2. The van der Waals surface area contributed by atoms with Gasteiger partial charge in [0.1, 0.15) is 11.5 Å². The molecule has 1 atom stereocenters. The molecule has 2 aromatic rings. The van der Waals surface area contributed by atoms with Crippen LogP contribution in [0.3, 0.4) is 0 Å². The minimum atomic E-state index is -0.625. The fraction of sp³-hybridized carbons (Fsp3) is 0.238. The van der Waals surface area contributed by atoms with Crippen molar-refractivity contribution in [2.45, 2.75) is 13.0 Å². The number of hydrogen-bond donors (Lipinski definition) is 1. The molecule has 0 saturated carbocycles. The lowest BCUT2D eigenvalue weighted by Gasteiger charge is -2.35. The molecule has 7 nitrogen and oxygen atoms in total. The summed E-state index contributed by atoms with van der Waals surface area (Å²) in [5.74, 6) is 0.856. The highest BCUT2D eigenvalue weighted by Crippen LogP contribution is 2.35. The SMILES string of the molecule is COC(=O)C1=C(C)N(c2ccc(OC)cc2)C(=O)NC1c1ccc(OC)cc1. The molecule has 3 rings (SSSR count). The van der Waals surface area contributed by atoms with Crippen molar-refractivity contribution in [3.8, 4) is 11.5 Å². The average molecular weight is 382 g/mol. The zero-order valence-corrected chi connectivity index (χ0v) is 16.2. The number of carbonyl (C=O) groups is 2. The van der Waals surface area contributed by atoms with Crippen LogP contribution in [0.5, 0.6) is 11.5 Å². The number of rotatable bonds is 5. The molecule has 0 spiro atoms. The summed E-state index contributed by atoms with van der Waals surface area (Å²) >= 11 is 0. The Kier molecular flexibility index (Phi) is 5.54. The number of esters is 1. The number of amides is 2. The topological polar surface area (TPSA) is 77.1 Å². The van der Waals surface area contributed by atoms with E-state index in [2.05, 4.69) is 5.32 Å². The van der Waals surface area contributed by atoms with Gasteiger partial charge < -0.3 is 19.5 Å². The molecule has 28 heavy (non-hydrogen) atoms. The summed E-state index contributed by atoms with van der Waals surface area (Å²) in [5, 5.41) is 2.90. The lowest BCUT2D eigenvalue weighted by molar-refractivity contribution is -0.136. The van der Waals surface area contributed by atoms with E-state index in [1.807, 2.05) is 12.1 Å². The van der Waals surface area contributed by atoms with Crippen LogP contribution in [0.25, 0.3) is 0 Å². The van der Waals surface area contributed by atoms with Crippen LogP contribution >= 0.6 is 0 Å². The van der Waals surface area contributed by atoms with E-state index in [1.54, 1.807) is 57.5 Å².